The summed E-state index contributed by atoms with van der Waals surface area (Å²) in [7, 11) is 1.79. The van der Waals surface area contributed by atoms with Crippen molar-refractivity contribution < 1.29 is 14.6 Å². The van der Waals surface area contributed by atoms with Gasteiger partial charge in [0.25, 0.3) is 0 Å². The number of ether oxygens (including phenoxy) is 1. The highest BCUT2D eigenvalue weighted by Gasteiger charge is 2.28. The maximum absolute atomic E-state index is 12.2. The molecule has 2 unspecified atom stereocenters. The molecule has 116 valence electrons. The van der Waals surface area contributed by atoms with Crippen molar-refractivity contribution in [3.05, 3.63) is 29.8 Å². The standard InChI is InChI=1S/C17H25NO3/c1-13-7-9-14(10-8-13)21-12-11-17(20)18(2)15-5-3-4-6-16(15)19/h7-10,15-16,19H,3-6,11-12H2,1-2H3. The average molecular weight is 291 g/mol. The number of carbonyl (C=O) groups excluding carboxylic acids is 1. The molecule has 1 saturated carbocycles. The first kappa shape index (κ1) is 15.8. The zero-order chi connectivity index (χ0) is 15.2. The van der Waals surface area contributed by atoms with Crippen LogP contribution in [0.2, 0.25) is 0 Å². The van der Waals surface area contributed by atoms with Crippen molar-refractivity contribution in [2.24, 2.45) is 0 Å². The van der Waals surface area contributed by atoms with Gasteiger partial charge in [-0.1, -0.05) is 30.5 Å². The fourth-order valence-corrected chi connectivity index (χ4v) is 2.80. The van der Waals surface area contributed by atoms with Gasteiger partial charge >= 0.3 is 0 Å². The number of benzene rings is 1. The summed E-state index contributed by atoms with van der Waals surface area (Å²) >= 11 is 0. The van der Waals surface area contributed by atoms with Gasteiger partial charge in [0.15, 0.2) is 0 Å². The third kappa shape index (κ3) is 4.46. The van der Waals surface area contributed by atoms with Gasteiger partial charge in [0.2, 0.25) is 5.91 Å². The Labute approximate surface area is 126 Å². The lowest BCUT2D eigenvalue weighted by Crippen LogP contribution is -2.46. The number of carbonyl (C=O) groups is 1. The van der Waals surface area contributed by atoms with E-state index in [2.05, 4.69) is 0 Å². The Kier molecular flexibility index (Phi) is 5.62. The maximum atomic E-state index is 12.2. The molecule has 21 heavy (non-hydrogen) atoms. The van der Waals surface area contributed by atoms with E-state index in [0.717, 1.165) is 31.4 Å². The number of aryl methyl sites for hydroxylation is 1. The molecule has 4 heteroatoms. The third-order valence-corrected chi connectivity index (χ3v) is 4.19. The van der Waals surface area contributed by atoms with Gasteiger partial charge < -0.3 is 14.7 Å². The van der Waals surface area contributed by atoms with Gasteiger partial charge in [0.05, 0.1) is 25.2 Å². The number of hydrogen-bond donors (Lipinski definition) is 1. The molecule has 1 fully saturated rings. The summed E-state index contributed by atoms with van der Waals surface area (Å²) in [6.45, 7) is 2.40. The molecular formula is C17H25NO3. The highest BCUT2D eigenvalue weighted by molar-refractivity contribution is 5.76. The first-order valence-corrected chi connectivity index (χ1v) is 7.71. The summed E-state index contributed by atoms with van der Waals surface area (Å²) in [6, 6.07) is 7.76. The summed E-state index contributed by atoms with van der Waals surface area (Å²) in [6.07, 6.45) is 3.78. The van der Waals surface area contributed by atoms with Crippen molar-refractivity contribution in [1.82, 2.24) is 4.90 Å². The average Bonchev–Trinajstić information content (AvgIpc) is 2.49. The molecule has 2 atom stereocenters. The van der Waals surface area contributed by atoms with E-state index in [1.807, 2.05) is 31.2 Å². The lowest BCUT2D eigenvalue weighted by Gasteiger charge is -2.35. The third-order valence-electron chi connectivity index (χ3n) is 4.19. The fourth-order valence-electron chi connectivity index (χ4n) is 2.80. The number of aliphatic hydroxyl groups is 1. The number of likely N-dealkylation sites (N-methyl/N-ethyl adjacent to an activating group) is 1. The summed E-state index contributed by atoms with van der Waals surface area (Å²) in [5.41, 5.74) is 1.18. The SMILES string of the molecule is Cc1ccc(OCCC(=O)N(C)C2CCCCC2O)cc1. The Morgan fingerprint density at radius 1 is 1.29 bits per heavy atom. The largest absolute Gasteiger partial charge is 0.493 e. The molecule has 2 rings (SSSR count). The van der Waals surface area contributed by atoms with Crippen LogP contribution in [0.5, 0.6) is 5.75 Å². The second-order valence-corrected chi connectivity index (χ2v) is 5.84. The molecule has 1 aliphatic rings. The first-order valence-electron chi connectivity index (χ1n) is 7.71. The maximum Gasteiger partial charge on any atom is 0.226 e. The molecule has 0 spiro atoms. The lowest BCUT2D eigenvalue weighted by molar-refractivity contribution is -0.135. The van der Waals surface area contributed by atoms with E-state index < -0.39 is 0 Å². The van der Waals surface area contributed by atoms with Crippen LogP contribution < -0.4 is 4.74 Å². The fraction of sp³-hybridized carbons (Fsp3) is 0.588. The molecule has 1 aromatic rings. The van der Waals surface area contributed by atoms with Crippen LogP contribution in [-0.4, -0.2) is 41.7 Å². The Morgan fingerprint density at radius 2 is 1.95 bits per heavy atom. The molecule has 1 aromatic carbocycles. The highest BCUT2D eigenvalue weighted by Crippen LogP contribution is 2.22. The van der Waals surface area contributed by atoms with Crippen LogP contribution >= 0.6 is 0 Å². The summed E-state index contributed by atoms with van der Waals surface area (Å²) in [4.78, 5) is 13.9. The van der Waals surface area contributed by atoms with E-state index in [1.54, 1.807) is 11.9 Å². The Morgan fingerprint density at radius 3 is 2.62 bits per heavy atom. The molecule has 0 aliphatic heterocycles. The summed E-state index contributed by atoms with van der Waals surface area (Å²) in [5.74, 6) is 0.821. The van der Waals surface area contributed by atoms with Gasteiger partial charge in [0, 0.05) is 7.05 Å². The van der Waals surface area contributed by atoms with Crippen LogP contribution in [0.15, 0.2) is 24.3 Å². The summed E-state index contributed by atoms with van der Waals surface area (Å²) in [5, 5.41) is 9.99. The number of rotatable bonds is 5. The van der Waals surface area contributed by atoms with Gasteiger partial charge in [-0.2, -0.15) is 0 Å². The van der Waals surface area contributed by atoms with Gasteiger partial charge in [0.1, 0.15) is 5.75 Å². The zero-order valence-electron chi connectivity index (χ0n) is 12.9. The van der Waals surface area contributed by atoms with E-state index in [9.17, 15) is 9.90 Å². The van der Waals surface area contributed by atoms with Gasteiger partial charge in [-0.3, -0.25) is 4.79 Å². The van der Waals surface area contributed by atoms with Gasteiger partial charge in [-0.05, 0) is 31.9 Å². The predicted octanol–water partition coefficient (Wildman–Crippen LogP) is 2.53. The minimum atomic E-state index is -0.384. The second kappa shape index (κ2) is 7.46. The Bertz CT molecular complexity index is 458. The first-order chi connectivity index (χ1) is 10.1. The van der Waals surface area contributed by atoms with E-state index in [-0.39, 0.29) is 18.1 Å². The number of amides is 1. The summed E-state index contributed by atoms with van der Waals surface area (Å²) < 4.78 is 5.59. The van der Waals surface area contributed by atoms with E-state index >= 15 is 0 Å². The minimum absolute atomic E-state index is 0.0352. The van der Waals surface area contributed by atoms with Gasteiger partial charge in [-0.15, -0.1) is 0 Å². The minimum Gasteiger partial charge on any atom is -0.493 e. The number of nitrogens with zero attached hydrogens (tertiary/aromatic N) is 1. The van der Waals surface area contributed by atoms with Crippen molar-refractivity contribution in [2.75, 3.05) is 13.7 Å². The van der Waals surface area contributed by atoms with Crippen molar-refractivity contribution in [3.63, 3.8) is 0 Å². The molecule has 4 nitrogen and oxygen atoms in total. The Hall–Kier alpha value is -1.55. The van der Waals surface area contributed by atoms with E-state index in [4.69, 9.17) is 4.74 Å². The van der Waals surface area contributed by atoms with Crippen LogP contribution in [0.4, 0.5) is 0 Å². The van der Waals surface area contributed by atoms with Crippen molar-refractivity contribution in [2.45, 2.75) is 51.2 Å². The lowest BCUT2D eigenvalue weighted by atomic mass is 9.91. The predicted molar refractivity (Wildman–Crippen MR) is 82.3 cm³/mol. The quantitative estimate of drug-likeness (QED) is 0.907. The molecule has 1 amide bonds. The van der Waals surface area contributed by atoms with Crippen LogP contribution in [-0.2, 0) is 4.79 Å². The van der Waals surface area contributed by atoms with Crippen LogP contribution in [0.25, 0.3) is 0 Å². The smallest absolute Gasteiger partial charge is 0.226 e. The normalized spacial score (nSPS) is 21.9. The second-order valence-electron chi connectivity index (χ2n) is 5.84. The molecule has 0 aromatic heterocycles. The van der Waals surface area contributed by atoms with Crippen molar-refractivity contribution in [3.8, 4) is 5.75 Å². The van der Waals surface area contributed by atoms with Crippen LogP contribution in [0.1, 0.15) is 37.7 Å². The monoisotopic (exact) mass is 291 g/mol. The molecule has 1 N–H and O–H groups in total. The van der Waals surface area contributed by atoms with E-state index in [0.29, 0.717) is 13.0 Å². The molecule has 0 radical (unpaired) electrons. The van der Waals surface area contributed by atoms with Crippen LogP contribution in [0, 0.1) is 6.92 Å². The molecule has 1 aliphatic carbocycles. The topological polar surface area (TPSA) is 49.8 Å². The Balaban J connectivity index is 1.77. The highest BCUT2D eigenvalue weighted by atomic mass is 16.5. The van der Waals surface area contributed by atoms with Gasteiger partial charge in [-0.25, -0.2) is 0 Å². The molecule has 0 heterocycles. The van der Waals surface area contributed by atoms with Crippen molar-refractivity contribution in [1.29, 1.82) is 0 Å². The molecular weight excluding hydrogens is 266 g/mol. The molecule has 0 saturated heterocycles. The number of aliphatic hydroxyl groups excluding tert-OH is 1. The number of hydrogen-bond acceptors (Lipinski definition) is 3. The van der Waals surface area contributed by atoms with E-state index in [1.165, 1.54) is 5.56 Å². The van der Waals surface area contributed by atoms with Crippen LogP contribution in [0.3, 0.4) is 0 Å². The zero-order valence-corrected chi connectivity index (χ0v) is 12.9. The molecule has 0 bridgehead atoms. The van der Waals surface area contributed by atoms with Crippen molar-refractivity contribution >= 4 is 5.91 Å².